The first-order chi connectivity index (χ1) is 12.6. The summed E-state index contributed by atoms with van der Waals surface area (Å²) in [6, 6.07) is 17.6. The molecule has 2 aliphatic rings. The van der Waals surface area contributed by atoms with Crippen LogP contribution in [-0.2, 0) is 5.41 Å². The van der Waals surface area contributed by atoms with Gasteiger partial charge in [0.2, 0.25) is 0 Å². The highest BCUT2D eigenvalue weighted by Gasteiger charge is 2.37. The van der Waals surface area contributed by atoms with Crippen LogP contribution in [-0.4, -0.2) is 0 Å². The second-order valence-electron chi connectivity index (χ2n) is 7.85. The number of rotatable bonds is 1. The van der Waals surface area contributed by atoms with Crippen LogP contribution in [0.5, 0.6) is 0 Å². The summed E-state index contributed by atoms with van der Waals surface area (Å²) in [5.41, 5.74) is 8.08. The second kappa shape index (κ2) is 5.59. The van der Waals surface area contributed by atoms with Crippen LogP contribution in [0.1, 0.15) is 43.4 Å². The largest absolute Gasteiger partial charge is 0.0843 e. The minimum Gasteiger partial charge on any atom is -0.0843 e. The van der Waals surface area contributed by atoms with Crippen LogP contribution in [0, 0.1) is 0 Å². The van der Waals surface area contributed by atoms with Crippen molar-refractivity contribution in [3.63, 3.8) is 0 Å². The molecule has 0 nitrogen and oxygen atoms in total. The van der Waals surface area contributed by atoms with Crippen molar-refractivity contribution in [2.75, 3.05) is 0 Å². The third kappa shape index (κ3) is 2.15. The van der Waals surface area contributed by atoms with Crippen molar-refractivity contribution in [3.05, 3.63) is 88.5 Å². The predicted octanol–water partition coefficient (Wildman–Crippen LogP) is 7.53. The van der Waals surface area contributed by atoms with Crippen LogP contribution >= 0.6 is 11.6 Å². The maximum absolute atomic E-state index is 6.35. The zero-order chi connectivity index (χ0) is 17.9. The molecule has 3 aromatic rings. The fraction of sp³-hybridized carbons (Fsp3) is 0.200. The first-order valence-corrected chi connectivity index (χ1v) is 9.69. The molecular weight excluding hydrogens is 336 g/mol. The summed E-state index contributed by atoms with van der Waals surface area (Å²) in [6.07, 6.45) is 9.21. The minimum atomic E-state index is -0.0483. The van der Waals surface area contributed by atoms with Gasteiger partial charge in [0.05, 0.1) is 0 Å². The molecule has 0 amide bonds. The highest BCUT2D eigenvalue weighted by Crippen LogP contribution is 2.53. The van der Waals surface area contributed by atoms with Gasteiger partial charge in [-0.3, -0.25) is 0 Å². The van der Waals surface area contributed by atoms with Gasteiger partial charge in [0, 0.05) is 10.4 Å². The molecule has 0 bridgehead atoms. The van der Waals surface area contributed by atoms with Gasteiger partial charge in [0.25, 0.3) is 0 Å². The molecule has 0 aliphatic heterocycles. The van der Waals surface area contributed by atoms with Crippen LogP contribution in [0.3, 0.4) is 0 Å². The molecule has 3 aromatic carbocycles. The molecule has 0 N–H and O–H groups in total. The van der Waals surface area contributed by atoms with Gasteiger partial charge in [-0.2, -0.15) is 0 Å². The molecule has 0 saturated carbocycles. The van der Waals surface area contributed by atoms with E-state index in [1.54, 1.807) is 0 Å². The van der Waals surface area contributed by atoms with Crippen LogP contribution in [0.4, 0.5) is 0 Å². The van der Waals surface area contributed by atoms with Crippen molar-refractivity contribution in [2.45, 2.75) is 32.1 Å². The molecule has 0 unspecified atom stereocenters. The van der Waals surface area contributed by atoms with E-state index in [9.17, 15) is 0 Å². The monoisotopic (exact) mass is 356 g/mol. The molecule has 128 valence electrons. The summed E-state index contributed by atoms with van der Waals surface area (Å²) in [6.45, 7) is 4.63. The Hall–Kier alpha value is -2.31. The summed E-state index contributed by atoms with van der Waals surface area (Å²) in [4.78, 5) is 0. The fourth-order valence-corrected chi connectivity index (χ4v) is 4.78. The molecule has 0 aromatic heterocycles. The summed E-state index contributed by atoms with van der Waals surface area (Å²) < 4.78 is 0. The van der Waals surface area contributed by atoms with E-state index >= 15 is 0 Å². The van der Waals surface area contributed by atoms with E-state index in [-0.39, 0.29) is 5.41 Å². The lowest BCUT2D eigenvalue weighted by atomic mass is 9.80. The van der Waals surface area contributed by atoms with Crippen molar-refractivity contribution in [3.8, 4) is 11.1 Å². The molecule has 0 saturated heterocycles. The summed E-state index contributed by atoms with van der Waals surface area (Å²) in [5.74, 6) is 0. The number of hydrogen-bond donors (Lipinski definition) is 0. The van der Waals surface area contributed by atoms with Gasteiger partial charge in [-0.25, -0.2) is 0 Å². The number of fused-ring (bicyclic) bond motifs is 5. The number of hydrogen-bond acceptors (Lipinski definition) is 0. The Morgan fingerprint density at radius 3 is 2.42 bits per heavy atom. The van der Waals surface area contributed by atoms with E-state index in [1.165, 1.54) is 44.2 Å². The van der Waals surface area contributed by atoms with Crippen molar-refractivity contribution < 1.29 is 0 Å². The van der Waals surface area contributed by atoms with Gasteiger partial charge in [0.1, 0.15) is 0 Å². The molecule has 0 atom stereocenters. The molecule has 0 radical (unpaired) electrons. The summed E-state index contributed by atoms with van der Waals surface area (Å²) >= 11 is 6.35. The maximum atomic E-state index is 6.35. The van der Waals surface area contributed by atoms with E-state index in [0.29, 0.717) is 0 Å². The first-order valence-electron chi connectivity index (χ1n) is 9.31. The van der Waals surface area contributed by atoms with Crippen LogP contribution < -0.4 is 0 Å². The first kappa shape index (κ1) is 15.9. The quantitative estimate of drug-likeness (QED) is 0.422. The molecule has 0 heterocycles. The summed E-state index contributed by atoms with van der Waals surface area (Å²) in [7, 11) is 0. The second-order valence-corrected chi connectivity index (χ2v) is 8.28. The number of halogens is 1. The smallest absolute Gasteiger partial charge is 0.0409 e. The topological polar surface area (TPSA) is 0 Å². The number of allylic oxidation sites excluding steroid dienone is 4. The highest BCUT2D eigenvalue weighted by atomic mass is 35.5. The Labute approximate surface area is 159 Å². The van der Waals surface area contributed by atoms with E-state index in [4.69, 9.17) is 11.6 Å². The molecule has 2 aliphatic carbocycles. The molecule has 0 fully saturated rings. The SMILES string of the molecule is CC1(C)c2cc(Cl)ccc2-c2c1cc(C1=CCCC=C1)c1ccccc21. The van der Waals surface area contributed by atoms with Crippen LogP contribution in [0.2, 0.25) is 5.02 Å². The molecule has 1 heteroatoms. The van der Waals surface area contributed by atoms with E-state index < -0.39 is 0 Å². The minimum absolute atomic E-state index is 0.0483. The van der Waals surface area contributed by atoms with Crippen molar-refractivity contribution in [1.29, 1.82) is 0 Å². The van der Waals surface area contributed by atoms with Gasteiger partial charge in [-0.1, -0.05) is 74.0 Å². The standard InChI is InChI=1S/C25H21Cl/c1-25(2)22-14-17(26)12-13-20(22)24-19-11-7-6-10-18(19)21(15-23(24)25)16-8-4-3-5-9-16/h4,6-15H,3,5H2,1-2H3. The van der Waals surface area contributed by atoms with Gasteiger partial charge in [-0.15, -0.1) is 0 Å². The van der Waals surface area contributed by atoms with E-state index in [0.717, 1.165) is 17.9 Å². The Morgan fingerprint density at radius 1 is 0.846 bits per heavy atom. The van der Waals surface area contributed by atoms with Crippen molar-refractivity contribution in [2.24, 2.45) is 0 Å². The zero-order valence-electron chi connectivity index (χ0n) is 15.1. The fourth-order valence-electron chi connectivity index (χ4n) is 4.61. The lowest BCUT2D eigenvalue weighted by Crippen LogP contribution is -2.15. The van der Waals surface area contributed by atoms with Gasteiger partial charge >= 0.3 is 0 Å². The lowest BCUT2D eigenvalue weighted by molar-refractivity contribution is 0.660. The highest BCUT2D eigenvalue weighted by molar-refractivity contribution is 6.30. The average Bonchev–Trinajstić information content (AvgIpc) is 2.89. The molecule has 26 heavy (non-hydrogen) atoms. The van der Waals surface area contributed by atoms with Gasteiger partial charge in [-0.05, 0) is 75.2 Å². The average molecular weight is 357 g/mol. The van der Waals surface area contributed by atoms with Crippen molar-refractivity contribution >= 4 is 27.9 Å². The van der Waals surface area contributed by atoms with Crippen LogP contribution in [0.15, 0.2) is 66.8 Å². The normalized spacial score (nSPS) is 17.1. The van der Waals surface area contributed by atoms with Gasteiger partial charge in [0.15, 0.2) is 0 Å². The Balaban J connectivity index is 1.90. The molecule has 5 rings (SSSR count). The Bertz CT molecular complexity index is 1110. The predicted molar refractivity (Wildman–Crippen MR) is 113 cm³/mol. The Morgan fingerprint density at radius 2 is 1.65 bits per heavy atom. The van der Waals surface area contributed by atoms with Crippen LogP contribution in [0.25, 0.3) is 27.5 Å². The van der Waals surface area contributed by atoms with Gasteiger partial charge < -0.3 is 0 Å². The third-order valence-electron chi connectivity index (χ3n) is 5.95. The Kier molecular flexibility index (Phi) is 3.42. The summed E-state index contributed by atoms with van der Waals surface area (Å²) in [5, 5.41) is 3.49. The number of benzene rings is 3. The lowest BCUT2D eigenvalue weighted by Gasteiger charge is -2.23. The molecular formula is C25H21Cl. The molecule has 0 spiro atoms. The van der Waals surface area contributed by atoms with Crippen molar-refractivity contribution in [1.82, 2.24) is 0 Å². The zero-order valence-corrected chi connectivity index (χ0v) is 15.9. The third-order valence-corrected chi connectivity index (χ3v) is 6.18. The van der Waals surface area contributed by atoms with E-state index in [1.807, 2.05) is 6.07 Å². The van der Waals surface area contributed by atoms with E-state index in [2.05, 4.69) is 74.5 Å². The maximum Gasteiger partial charge on any atom is 0.0409 e.